The fraction of sp³-hybridized carbons (Fsp3) is 0.200. The average Bonchev–Trinajstić information content (AvgIpc) is 3.41. The molecule has 154 valence electrons. The fourth-order valence-electron chi connectivity index (χ4n) is 4.09. The molecule has 6 heteroatoms. The Labute approximate surface area is 185 Å². The van der Waals surface area contributed by atoms with Gasteiger partial charge in [0, 0.05) is 29.5 Å². The molecule has 5 aromatic rings. The standard InChI is InChI=1S/C25H22ClN5/c26-19-3-1-2-16(10-19)11-24-29-22-8-7-20(12-23(22)30-24)27-13-21-15-31-14-18(17-4-5-17)6-9-25(31)28-21/h1-3,6-10,12,14-15,17,27H,4-5,11,13H2,(H,29,30). The molecule has 5 nitrogen and oxygen atoms in total. The first-order valence-electron chi connectivity index (χ1n) is 10.6. The lowest BCUT2D eigenvalue weighted by atomic mass is 10.1. The molecule has 0 atom stereocenters. The molecule has 1 aliphatic rings. The van der Waals surface area contributed by atoms with Crippen LogP contribution in [0.4, 0.5) is 5.69 Å². The summed E-state index contributed by atoms with van der Waals surface area (Å²) in [5, 5.41) is 4.24. The van der Waals surface area contributed by atoms with E-state index in [0.29, 0.717) is 6.54 Å². The third-order valence-electron chi connectivity index (χ3n) is 5.84. The van der Waals surface area contributed by atoms with Crippen molar-refractivity contribution >= 4 is 34.0 Å². The number of nitrogens with one attached hydrogen (secondary N) is 2. The van der Waals surface area contributed by atoms with Crippen LogP contribution in [0.25, 0.3) is 16.7 Å². The molecule has 2 aromatic carbocycles. The molecule has 0 aliphatic heterocycles. The van der Waals surface area contributed by atoms with Crippen LogP contribution in [0.2, 0.25) is 5.02 Å². The molecule has 0 radical (unpaired) electrons. The third-order valence-corrected chi connectivity index (χ3v) is 6.07. The Morgan fingerprint density at radius 1 is 1.03 bits per heavy atom. The molecule has 0 amide bonds. The van der Waals surface area contributed by atoms with Crippen LogP contribution in [0.1, 0.15) is 41.4 Å². The predicted octanol–water partition coefficient (Wildman–Crippen LogP) is 5.94. The van der Waals surface area contributed by atoms with Gasteiger partial charge in [0.25, 0.3) is 0 Å². The minimum absolute atomic E-state index is 0.676. The lowest BCUT2D eigenvalue weighted by Crippen LogP contribution is -1.99. The van der Waals surface area contributed by atoms with Gasteiger partial charge in [-0.05, 0) is 66.3 Å². The van der Waals surface area contributed by atoms with Gasteiger partial charge in [0.15, 0.2) is 0 Å². The number of rotatable bonds is 6. The van der Waals surface area contributed by atoms with Crippen LogP contribution in [-0.2, 0) is 13.0 Å². The number of fused-ring (bicyclic) bond motifs is 2. The van der Waals surface area contributed by atoms with Gasteiger partial charge in [-0.25, -0.2) is 9.97 Å². The highest BCUT2D eigenvalue weighted by Crippen LogP contribution is 2.39. The number of aromatic nitrogens is 4. The number of imidazole rings is 2. The van der Waals surface area contributed by atoms with Crippen molar-refractivity contribution in [2.45, 2.75) is 31.7 Å². The Balaban J connectivity index is 1.17. The molecule has 3 aromatic heterocycles. The number of halogens is 1. The van der Waals surface area contributed by atoms with E-state index in [2.05, 4.69) is 57.4 Å². The highest BCUT2D eigenvalue weighted by atomic mass is 35.5. The van der Waals surface area contributed by atoms with Gasteiger partial charge < -0.3 is 14.7 Å². The molecule has 0 saturated heterocycles. The molecule has 1 saturated carbocycles. The van der Waals surface area contributed by atoms with Crippen molar-refractivity contribution < 1.29 is 0 Å². The van der Waals surface area contributed by atoms with E-state index in [9.17, 15) is 0 Å². The SMILES string of the molecule is Clc1cccc(Cc2nc3ccc(NCc4cn5cc(C6CC6)ccc5n4)cc3[nH]2)c1. The minimum Gasteiger partial charge on any atom is -0.379 e. The summed E-state index contributed by atoms with van der Waals surface area (Å²) in [6, 6.07) is 18.4. The van der Waals surface area contributed by atoms with Gasteiger partial charge in [0.05, 0.1) is 23.3 Å². The summed E-state index contributed by atoms with van der Waals surface area (Å²) in [5.41, 5.74) is 7.61. The lowest BCUT2D eigenvalue weighted by molar-refractivity contribution is 1.04. The smallest absolute Gasteiger partial charge is 0.137 e. The maximum Gasteiger partial charge on any atom is 0.137 e. The first-order chi connectivity index (χ1) is 15.2. The highest BCUT2D eigenvalue weighted by molar-refractivity contribution is 6.30. The van der Waals surface area contributed by atoms with Crippen LogP contribution in [0.15, 0.2) is 67.0 Å². The molecule has 6 rings (SSSR count). The van der Waals surface area contributed by atoms with Gasteiger partial charge in [-0.3, -0.25) is 0 Å². The first-order valence-corrected chi connectivity index (χ1v) is 11.0. The van der Waals surface area contributed by atoms with Crippen molar-refractivity contribution in [3.8, 4) is 0 Å². The predicted molar refractivity (Wildman–Crippen MR) is 125 cm³/mol. The monoisotopic (exact) mass is 427 g/mol. The lowest BCUT2D eigenvalue weighted by Gasteiger charge is -2.03. The van der Waals surface area contributed by atoms with Crippen molar-refractivity contribution in [2.75, 3.05) is 5.32 Å². The maximum atomic E-state index is 6.10. The number of nitrogens with zero attached hydrogens (tertiary/aromatic N) is 3. The number of hydrogen-bond acceptors (Lipinski definition) is 3. The van der Waals surface area contributed by atoms with Crippen LogP contribution in [0, 0.1) is 0 Å². The van der Waals surface area contributed by atoms with E-state index in [1.54, 1.807) is 0 Å². The summed E-state index contributed by atoms with van der Waals surface area (Å²) < 4.78 is 2.14. The second-order valence-electron chi connectivity index (χ2n) is 8.31. The molecule has 0 bridgehead atoms. The largest absolute Gasteiger partial charge is 0.379 e. The molecular weight excluding hydrogens is 406 g/mol. The second kappa shape index (κ2) is 7.43. The molecule has 3 heterocycles. The van der Waals surface area contributed by atoms with Crippen molar-refractivity contribution in [3.05, 3.63) is 94.7 Å². The van der Waals surface area contributed by atoms with Crippen molar-refractivity contribution in [2.24, 2.45) is 0 Å². The third kappa shape index (κ3) is 3.89. The Morgan fingerprint density at radius 3 is 2.84 bits per heavy atom. The van der Waals surface area contributed by atoms with Crippen LogP contribution in [0.3, 0.4) is 0 Å². The Bertz CT molecular complexity index is 1400. The number of anilines is 1. The van der Waals surface area contributed by atoms with Gasteiger partial charge in [-0.2, -0.15) is 0 Å². The van der Waals surface area contributed by atoms with Crippen molar-refractivity contribution in [1.82, 2.24) is 19.4 Å². The molecule has 1 aliphatic carbocycles. The van der Waals surface area contributed by atoms with Crippen molar-refractivity contribution in [1.29, 1.82) is 0 Å². The summed E-state index contributed by atoms with van der Waals surface area (Å²) in [6.45, 7) is 0.676. The van der Waals surface area contributed by atoms with Gasteiger partial charge in [0.2, 0.25) is 0 Å². The van der Waals surface area contributed by atoms with E-state index in [0.717, 1.165) is 56.8 Å². The first kappa shape index (κ1) is 18.5. The van der Waals surface area contributed by atoms with E-state index in [-0.39, 0.29) is 0 Å². The molecule has 1 fully saturated rings. The van der Waals surface area contributed by atoms with E-state index in [4.69, 9.17) is 21.6 Å². The topological polar surface area (TPSA) is 58.0 Å². The highest BCUT2D eigenvalue weighted by Gasteiger charge is 2.23. The number of benzene rings is 2. The summed E-state index contributed by atoms with van der Waals surface area (Å²) in [4.78, 5) is 12.9. The number of H-pyrrole nitrogens is 1. The van der Waals surface area contributed by atoms with Crippen LogP contribution in [0.5, 0.6) is 0 Å². The zero-order valence-corrected chi connectivity index (χ0v) is 17.7. The molecule has 0 unspecified atom stereocenters. The molecule has 2 N–H and O–H groups in total. The quantitative estimate of drug-likeness (QED) is 0.352. The summed E-state index contributed by atoms with van der Waals surface area (Å²) >= 11 is 6.10. The van der Waals surface area contributed by atoms with Gasteiger partial charge in [0.1, 0.15) is 11.5 Å². The zero-order chi connectivity index (χ0) is 20.8. The van der Waals surface area contributed by atoms with E-state index < -0.39 is 0 Å². The van der Waals surface area contributed by atoms with Gasteiger partial charge in [-0.15, -0.1) is 0 Å². The number of hydrogen-bond donors (Lipinski definition) is 2. The van der Waals surface area contributed by atoms with Crippen molar-refractivity contribution in [3.63, 3.8) is 0 Å². The minimum atomic E-state index is 0.676. The van der Waals surface area contributed by atoms with E-state index in [1.165, 1.54) is 18.4 Å². The Hall–Kier alpha value is -3.31. The normalized spacial score (nSPS) is 13.8. The Kier molecular flexibility index (Phi) is 4.42. The maximum absolute atomic E-state index is 6.10. The number of pyridine rings is 1. The number of aromatic amines is 1. The average molecular weight is 428 g/mol. The van der Waals surface area contributed by atoms with Crippen LogP contribution in [-0.4, -0.2) is 19.4 Å². The summed E-state index contributed by atoms with van der Waals surface area (Å²) in [6.07, 6.45) is 7.69. The van der Waals surface area contributed by atoms with Crippen LogP contribution >= 0.6 is 11.6 Å². The molecule has 31 heavy (non-hydrogen) atoms. The fourth-order valence-corrected chi connectivity index (χ4v) is 4.31. The molecular formula is C25H22ClN5. The summed E-state index contributed by atoms with van der Waals surface area (Å²) in [7, 11) is 0. The van der Waals surface area contributed by atoms with Crippen LogP contribution < -0.4 is 5.32 Å². The molecule has 0 spiro atoms. The second-order valence-corrected chi connectivity index (χ2v) is 8.75. The van der Waals surface area contributed by atoms with E-state index >= 15 is 0 Å². The van der Waals surface area contributed by atoms with Gasteiger partial charge >= 0.3 is 0 Å². The Morgan fingerprint density at radius 2 is 1.97 bits per heavy atom. The van der Waals surface area contributed by atoms with E-state index in [1.807, 2.05) is 24.3 Å². The summed E-state index contributed by atoms with van der Waals surface area (Å²) in [5.74, 6) is 1.68. The van der Waals surface area contributed by atoms with Gasteiger partial charge in [-0.1, -0.05) is 29.8 Å². The zero-order valence-electron chi connectivity index (χ0n) is 17.0.